The van der Waals surface area contributed by atoms with Crippen molar-refractivity contribution in [3.05, 3.63) is 42.0 Å². The Morgan fingerprint density at radius 1 is 1.21 bits per heavy atom. The average molecular weight is 383 g/mol. The molecule has 0 saturated heterocycles. The Hall–Kier alpha value is -2.23. The zero-order valence-corrected chi connectivity index (χ0v) is 17.0. The van der Waals surface area contributed by atoms with E-state index in [4.69, 9.17) is 4.74 Å². The Kier molecular flexibility index (Phi) is 4.18. The van der Waals surface area contributed by atoms with Crippen LogP contribution in [0.25, 0.3) is 6.08 Å². The molecule has 0 aliphatic heterocycles. The highest BCUT2D eigenvalue weighted by molar-refractivity contribution is 5.87. The highest BCUT2D eigenvalue weighted by Crippen LogP contribution is 2.78. The molecular formula is C24H30O4. The van der Waals surface area contributed by atoms with E-state index in [0.29, 0.717) is 5.56 Å². The number of esters is 1. The highest BCUT2D eigenvalue weighted by Gasteiger charge is 2.72. The van der Waals surface area contributed by atoms with E-state index in [9.17, 15) is 15.0 Å². The maximum atomic E-state index is 12.5. The van der Waals surface area contributed by atoms with E-state index in [-0.39, 0.29) is 45.7 Å². The van der Waals surface area contributed by atoms with Crippen molar-refractivity contribution in [1.82, 2.24) is 0 Å². The highest BCUT2D eigenvalue weighted by atomic mass is 16.5. The standard InChI is InChI=1S/C24H30O4/c1-15-13-24-14-19(21(15)23(24,4)11-5-10-22(24,2)3)28-20(27)9-7-16-6-8-17(25)18(26)12-16/h6-9,12,19,21,25-26H,1,5,10-11,13-14H2,2-4H3/b9-7+/t19-,21-,23+,24+/m0/s1. The first-order valence-electron chi connectivity index (χ1n) is 10.2. The molecule has 28 heavy (non-hydrogen) atoms. The second kappa shape index (κ2) is 6.13. The van der Waals surface area contributed by atoms with E-state index in [1.807, 2.05) is 0 Å². The summed E-state index contributed by atoms with van der Waals surface area (Å²) in [6.07, 6.45) is 8.46. The quantitative estimate of drug-likeness (QED) is 0.326. The minimum atomic E-state index is -0.368. The molecule has 0 unspecified atom stereocenters. The summed E-state index contributed by atoms with van der Waals surface area (Å²) >= 11 is 0. The summed E-state index contributed by atoms with van der Waals surface area (Å²) in [6, 6.07) is 4.44. The van der Waals surface area contributed by atoms with Crippen LogP contribution in [0.15, 0.2) is 36.4 Å². The fourth-order valence-electron chi connectivity index (χ4n) is 6.81. The number of carbonyl (C=O) groups excluding carboxylic acids is 1. The summed E-state index contributed by atoms with van der Waals surface area (Å²) in [5.41, 5.74) is 2.41. The largest absolute Gasteiger partial charge is 0.504 e. The number of ether oxygens (including phenoxy) is 1. The molecule has 3 fully saturated rings. The SMILES string of the molecule is C=C1C[C@]23C[C@H](OC(=O)/C=C/c4ccc(O)c(O)c4)[C@H]1[C@@]2(C)CCCC3(C)C. The van der Waals surface area contributed by atoms with Crippen LogP contribution in [0.3, 0.4) is 0 Å². The van der Waals surface area contributed by atoms with E-state index in [1.165, 1.54) is 43.0 Å². The number of benzene rings is 1. The van der Waals surface area contributed by atoms with E-state index in [2.05, 4.69) is 27.4 Å². The van der Waals surface area contributed by atoms with Crippen LogP contribution < -0.4 is 0 Å². The molecule has 0 amide bonds. The summed E-state index contributed by atoms with van der Waals surface area (Å²) in [4.78, 5) is 12.5. The molecule has 0 aromatic heterocycles. The molecule has 4 atom stereocenters. The van der Waals surface area contributed by atoms with Crippen molar-refractivity contribution in [3.8, 4) is 11.5 Å². The van der Waals surface area contributed by atoms with Crippen LogP contribution in [0, 0.1) is 22.2 Å². The van der Waals surface area contributed by atoms with E-state index < -0.39 is 0 Å². The van der Waals surface area contributed by atoms with Crippen LogP contribution >= 0.6 is 0 Å². The van der Waals surface area contributed by atoms with Gasteiger partial charge in [-0.05, 0) is 65.7 Å². The number of hydrogen-bond acceptors (Lipinski definition) is 4. The minimum Gasteiger partial charge on any atom is -0.504 e. The van der Waals surface area contributed by atoms with Gasteiger partial charge in [0.1, 0.15) is 6.10 Å². The van der Waals surface area contributed by atoms with Crippen molar-refractivity contribution in [3.63, 3.8) is 0 Å². The lowest BCUT2D eigenvalue weighted by Gasteiger charge is -2.55. The van der Waals surface area contributed by atoms with Gasteiger partial charge >= 0.3 is 5.97 Å². The van der Waals surface area contributed by atoms with Gasteiger partial charge in [-0.15, -0.1) is 0 Å². The maximum Gasteiger partial charge on any atom is 0.331 e. The van der Waals surface area contributed by atoms with Crippen LogP contribution in [-0.4, -0.2) is 22.3 Å². The van der Waals surface area contributed by atoms with Crippen molar-refractivity contribution in [2.45, 2.75) is 59.0 Å². The molecule has 2 bridgehead atoms. The first-order valence-corrected chi connectivity index (χ1v) is 10.2. The van der Waals surface area contributed by atoms with Gasteiger partial charge in [-0.3, -0.25) is 0 Å². The van der Waals surface area contributed by atoms with Crippen molar-refractivity contribution in [2.75, 3.05) is 0 Å². The molecule has 3 saturated carbocycles. The third-order valence-electron chi connectivity index (χ3n) is 8.14. The van der Waals surface area contributed by atoms with E-state index in [0.717, 1.165) is 12.8 Å². The number of hydrogen-bond donors (Lipinski definition) is 2. The lowest BCUT2D eigenvalue weighted by molar-refractivity contribution is -0.145. The predicted octanol–water partition coefficient (Wildman–Crippen LogP) is 5.21. The molecule has 0 radical (unpaired) electrons. The van der Waals surface area contributed by atoms with Gasteiger partial charge in [0.2, 0.25) is 0 Å². The lowest BCUT2D eigenvalue weighted by atomic mass is 9.49. The lowest BCUT2D eigenvalue weighted by Crippen LogP contribution is -2.48. The normalized spacial score (nSPS) is 35.9. The molecule has 1 aromatic carbocycles. The molecule has 4 heteroatoms. The van der Waals surface area contributed by atoms with Crippen LogP contribution in [-0.2, 0) is 9.53 Å². The van der Waals surface area contributed by atoms with Gasteiger partial charge in [-0.25, -0.2) is 4.79 Å². The first kappa shape index (κ1) is 19.1. The minimum absolute atomic E-state index is 0.117. The van der Waals surface area contributed by atoms with Gasteiger partial charge in [0.15, 0.2) is 11.5 Å². The van der Waals surface area contributed by atoms with E-state index in [1.54, 1.807) is 12.1 Å². The van der Waals surface area contributed by atoms with Gasteiger partial charge in [0, 0.05) is 12.0 Å². The molecule has 3 aliphatic rings. The maximum absolute atomic E-state index is 12.5. The Morgan fingerprint density at radius 2 is 1.96 bits per heavy atom. The van der Waals surface area contributed by atoms with Crippen LogP contribution in [0.4, 0.5) is 0 Å². The summed E-state index contributed by atoms with van der Waals surface area (Å²) in [6.45, 7) is 11.5. The number of phenolic OH excluding ortho intramolecular Hbond substituents is 2. The van der Waals surface area contributed by atoms with Gasteiger partial charge in [0.25, 0.3) is 0 Å². The van der Waals surface area contributed by atoms with Gasteiger partial charge < -0.3 is 14.9 Å². The average Bonchev–Trinajstić information content (AvgIpc) is 2.99. The fraction of sp³-hybridized carbons (Fsp3) is 0.542. The molecule has 4 rings (SSSR count). The number of rotatable bonds is 3. The second-order valence-electron chi connectivity index (χ2n) is 9.81. The van der Waals surface area contributed by atoms with Crippen LogP contribution in [0.2, 0.25) is 0 Å². The molecular weight excluding hydrogens is 352 g/mol. The Bertz CT molecular complexity index is 867. The third-order valence-corrected chi connectivity index (χ3v) is 8.14. The topological polar surface area (TPSA) is 66.8 Å². The van der Waals surface area contributed by atoms with Crippen molar-refractivity contribution in [2.24, 2.45) is 22.2 Å². The smallest absolute Gasteiger partial charge is 0.331 e. The molecule has 3 aliphatic carbocycles. The van der Waals surface area contributed by atoms with Gasteiger partial charge in [0.05, 0.1) is 0 Å². The van der Waals surface area contributed by atoms with Crippen molar-refractivity contribution >= 4 is 12.0 Å². The zero-order valence-electron chi connectivity index (χ0n) is 17.0. The number of aromatic hydroxyl groups is 2. The zero-order chi connectivity index (χ0) is 20.3. The second-order valence-corrected chi connectivity index (χ2v) is 9.81. The molecule has 1 aromatic rings. The molecule has 0 spiro atoms. The summed E-state index contributed by atoms with van der Waals surface area (Å²) in [7, 11) is 0. The number of carbonyl (C=O) groups is 1. The summed E-state index contributed by atoms with van der Waals surface area (Å²) < 4.78 is 5.94. The van der Waals surface area contributed by atoms with Crippen LogP contribution in [0.5, 0.6) is 11.5 Å². The van der Waals surface area contributed by atoms with Crippen molar-refractivity contribution < 1.29 is 19.7 Å². The summed E-state index contributed by atoms with van der Waals surface area (Å²) in [5, 5.41) is 19.0. The van der Waals surface area contributed by atoms with Gasteiger partial charge in [-0.1, -0.05) is 45.4 Å². The molecule has 150 valence electrons. The molecule has 4 nitrogen and oxygen atoms in total. The monoisotopic (exact) mass is 382 g/mol. The van der Waals surface area contributed by atoms with E-state index >= 15 is 0 Å². The Morgan fingerprint density at radius 3 is 2.64 bits per heavy atom. The Balaban J connectivity index is 1.53. The first-order chi connectivity index (χ1) is 13.1. The predicted molar refractivity (Wildman–Crippen MR) is 109 cm³/mol. The molecule has 0 heterocycles. The van der Waals surface area contributed by atoms with Gasteiger partial charge in [-0.2, -0.15) is 0 Å². The summed E-state index contributed by atoms with van der Waals surface area (Å²) in [5.74, 6) is -0.522. The molecule has 2 N–H and O–H groups in total. The van der Waals surface area contributed by atoms with Crippen molar-refractivity contribution in [1.29, 1.82) is 0 Å². The number of phenols is 2. The third kappa shape index (κ3) is 2.53. The Labute approximate surface area is 166 Å². The fourth-order valence-corrected chi connectivity index (χ4v) is 6.81. The van der Waals surface area contributed by atoms with Crippen LogP contribution in [0.1, 0.15) is 58.4 Å².